The first-order chi connectivity index (χ1) is 8.22. The number of hydrogen-bond acceptors (Lipinski definition) is 6. The first kappa shape index (κ1) is 11.0. The van der Waals surface area contributed by atoms with Gasteiger partial charge in [0.2, 0.25) is 0 Å². The fourth-order valence-corrected chi connectivity index (χ4v) is 1.53. The summed E-state index contributed by atoms with van der Waals surface area (Å²) in [6.07, 6.45) is 2.92. The summed E-state index contributed by atoms with van der Waals surface area (Å²) >= 11 is 0. The van der Waals surface area contributed by atoms with E-state index in [1.165, 1.54) is 18.7 Å². The number of aromatic nitrogens is 3. The Balaban J connectivity index is 2.40. The van der Waals surface area contributed by atoms with Crippen LogP contribution in [0, 0.1) is 10.1 Å². The summed E-state index contributed by atoms with van der Waals surface area (Å²) in [6, 6.07) is 4.73. The Morgan fingerprint density at radius 1 is 1.53 bits per heavy atom. The molecule has 0 bridgehead atoms. The molecule has 0 saturated carbocycles. The Morgan fingerprint density at radius 2 is 2.35 bits per heavy atom. The van der Waals surface area contributed by atoms with Crippen LogP contribution in [-0.2, 0) is 6.54 Å². The van der Waals surface area contributed by atoms with E-state index in [1.54, 1.807) is 16.8 Å². The number of para-hydroxylation sites is 1. The van der Waals surface area contributed by atoms with Crippen molar-refractivity contribution in [3.8, 4) is 0 Å². The van der Waals surface area contributed by atoms with E-state index in [4.69, 9.17) is 5.84 Å². The molecule has 88 valence electrons. The molecular formula is C9H10N6O2. The van der Waals surface area contributed by atoms with Crippen LogP contribution in [0.3, 0.4) is 0 Å². The van der Waals surface area contributed by atoms with Gasteiger partial charge in [-0.1, -0.05) is 12.1 Å². The van der Waals surface area contributed by atoms with E-state index < -0.39 is 4.92 Å². The molecule has 8 heteroatoms. The standard InChI is InChI=1S/C9H10N6O2/c10-13-9-7(4-14-6-11-5-12-14)2-1-3-8(9)15(16)17/h1-3,5-6,13H,4,10H2. The molecule has 0 radical (unpaired) electrons. The number of hydrogen-bond donors (Lipinski definition) is 2. The molecular weight excluding hydrogens is 224 g/mol. The number of rotatable bonds is 4. The van der Waals surface area contributed by atoms with E-state index in [-0.39, 0.29) is 11.4 Å². The molecule has 8 nitrogen and oxygen atoms in total. The third kappa shape index (κ3) is 2.21. The van der Waals surface area contributed by atoms with Crippen LogP contribution in [0.1, 0.15) is 5.56 Å². The van der Waals surface area contributed by atoms with Crippen molar-refractivity contribution in [3.63, 3.8) is 0 Å². The summed E-state index contributed by atoms with van der Waals surface area (Å²) in [5.41, 5.74) is 3.25. The minimum atomic E-state index is -0.486. The van der Waals surface area contributed by atoms with Crippen LogP contribution >= 0.6 is 0 Å². The largest absolute Gasteiger partial charge is 0.318 e. The van der Waals surface area contributed by atoms with Gasteiger partial charge in [-0.3, -0.25) is 16.0 Å². The summed E-state index contributed by atoms with van der Waals surface area (Å²) in [4.78, 5) is 14.1. The lowest BCUT2D eigenvalue weighted by Crippen LogP contribution is -2.13. The maximum atomic E-state index is 10.8. The quantitative estimate of drug-likeness (QED) is 0.453. The van der Waals surface area contributed by atoms with Crippen molar-refractivity contribution in [2.45, 2.75) is 6.54 Å². The van der Waals surface area contributed by atoms with E-state index in [0.717, 1.165) is 0 Å². The summed E-state index contributed by atoms with van der Waals surface area (Å²) in [5, 5.41) is 14.7. The zero-order chi connectivity index (χ0) is 12.3. The maximum absolute atomic E-state index is 10.8. The van der Waals surface area contributed by atoms with Crippen LogP contribution in [0.5, 0.6) is 0 Å². The average molecular weight is 234 g/mol. The number of nitrogens with one attached hydrogen (secondary N) is 1. The van der Waals surface area contributed by atoms with Gasteiger partial charge >= 0.3 is 0 Å². The van der Waals surface area contributed by atoms with Gasteiger partial charge in [0.25, 0.3) is 5.69 Å². The summed E-state index contributed by atoms with van der Waals surface area (Å²) in [6.45, 7) is 0.362. The van der Waals surface area contributed by atoms with Crippen molar-refractivity contribution >= 4 is 11.4 Å². The number of nitro groups is 1. The highest BCUT2D eigenvalue weighted by Crippen LogP contribution is 2.27. The summed E-state index contributed by atoms with van der Waals surface area (Å²) in [5.74, 6) is 5.32. The highest BCUT2D eigenvalue weighted by atomic mass is 16.6. The molecule has 0 aliphatic carbocycles. The van der Waals surface area contributed by atoms with E-state index >= 15 is 0 Å². The lowest BCUT2D eigenvalue weighted by atomic mass is 10.1. The van der Waals surface area contributed by atoms with Gasteiger partial charge in [-0.25, -0.2) is 9.67 Å². The number of anilines is 1. The fraction of sp³-hybridized carbons (Fsp3) is 0.111. The summed E-state index contributed by atoms with van der Waals surface area (Å²) < 4.78 is 1.56. The monoisotopic (exact) mass is 234 g/mol. The first-order valence-electron chi connectivity index (χ1n) is 4.77. The Hall–Kier alpha value is -2.48. The predicted octanol–water partition coefficient (Wildman–Crippen LogP) is 0.520. The van der Waals surface area contributed by atoms with Gasteiger partial charge in [-0.05, 0) is 0 Å². The topological polar surface area (TPSA) is 112 Å². The third-order valence-electron chi connectivity index (χ3n) is 2.27. The van der Waals surface area contributed by atoms with Crippen LogP contribution in [0.15, 0.2) is 30.9 Å². The van der Waals surface area contributed by atoms with Crippen LogP contribution in [0.4, 0.5) is 11.4 Å². The van der Waals surface area contributed by atoms with Crippen LogP contribution in [0.25, 0.3) is 0 Å². The molecule has 0 spiro atoms. The third-order valence-corrected chi connectivity index (χ3v) is 2.27. The zero-order valence-electron chi connectivity index (χ0n) is 8.78. The molecule has 2 aromatic rings. The Morgan fingerprint density at radius 3 is 2.94 bits per heavy atom. The number of benzene rings is 1. The van der Waals surface area contributed by atoms with Crippen molar-refractivity contribution < 1.29 is 4.92 Å². The van der Waals surface area contributed by atoms with Gasteiger partial charge < -0.3 is 5.43 Å². The molecule has 0 atom stereocenters. The minimum absolute atomic E-state index is 0.0647. The van der Waals surface area contributed by atoms with Gasteiger partial charge in [0.15, 0.2) is 0 Å². The molecule has 0 aliphatic rings. The number of hydrazine groups is 1. The molecule has 17 heavy (non-hydrogen) atoms. The second-order valence-electron chi connectivity index (χ2n) is 3.31. The minimum Gasteiger partial charge on any atom is -0.318 e. The molecule has 0 unspecified atom stereocenters. The molecule has 0 aliphatic heterocycles. The van der Waals surface area contributed by atoms with Crippen molar-refractivity contribution in [1.29, 1.82) is 0 Å². The second-order valence-corrected chi connectivity index (χ2v) is 3.31. The van der Waals surface area contributed by atoms with Crippen molar-refractivity contribution in [2.75, 3.05) is 5.43 Å². The van der Waals surface area contributed by atoms with Crippen LogP contribution in [0.2, 0.25) is 0 Å². The van der Waals surface area contributed by atoms with Gasteiger partial charge in [-0.2, -0.15) is 5.10 Å². The van der Waals surface area contributed by atoms with Crippen molar-refractivity contribution in [2.24, 2.45) is 5.84 Å². The second kappa shape index (κ2) is 4.58. The van der Waals surface area contributed by atoms with Gasteiger partial charge in [0.05, 0.1) is 11.5 Å². The lowest BCUT2D eigenvalue weighted by Gasteiger charge is -2.08. The van der Waals surface area contributed by atoms with Crippen LogP contribution < -0.4 is 11.3 Å². The molecule has 2 rings (SSSR count). The molecule has 3 N–H and O–H groups in total. The van der Waals surface area contributed by atoms with Gasteiger partial charge in [0.1, 0.15) is 18.3 Å². The molecule has 1 aromatic heterocycles. The smallest absolute Gasteiger partial charge is 0.293 e. The Labute approximate surface area is 96.2 Å². The number of nitrogen functional groups attached to an aromatic ring is 1. The first-order valence-corrected chi connectivity index (χ1v) is 4.77. The Bertz CT molecular complexity index is 524. The van der Waals surface area contributed by atoms with Crippen LogP contribution in [-0.4, -0.2) is 19.7 Å². The lowest BCUT2D eigenvalue weighted by molar-refractivity contribution is -0.384. The van der Waals surface area contributed by atoms with Crippen molar-refractivity contribution in [1.82, 2.24) is 14.8 Å². The SMILES string of the molecule is NNc1c(Cn2cncn2)cccc1[N+](=O)[O-]. The Kier molecular flexibility index (Phi) is 2.97. The van der Waals surface area contributed by atoms with E-state index in [2.05, 4.69) is 15.5 Å². The highest BCUT2D eigenvalue weighted by molar-refractivity contribution is 5.65. The van der Waals surface area contributed by atoms with E-state index in [1.807, 2.05) is 0 Å². The zero-order valence-corrected chi connectivity index (χ0v) is 8.78. The fourth-order valence-electron chi connectivity index (χ4n) is 1.53. The molecule has 1 aromatic carbocycles. The number of nitro benzene ring substituents is 1. The van der Waals surface area contributed by atoms with E-state index in [9.17, 15) is 10.1 Å². The average Bonchev–Trinajstić information content (AvgIpc) is 2.81. The normalized spacial score (nSPS) is 10.2. The molecule has 1 heterocycles. The molecule has 0 saturated heterocycles. The number of nitrogens with zero attached hydrogens (tertiary/aromatic N) is 4. The molecule has 0 amide bonds. The summed E-state index contributed by atoms with van der Waals surface area (Å²) in [7, 11) is 0. The highest BCUT2D eigenvalue weighted by Gasteiger charge is 2.16. The van der Waals surface area contributed by atoms with E-state index in [0.29, 0.717) is 12.1 Å². The molecule has 0 fully saturated rings. The van der Waals surface area contributed by atoms with Gasteiger partial charge in [-0.15, -0.1) is 0 Å². The predicted molar refractivity (Wildman–Crippen MR) is 60.0 cm³/mol. The number of nitrogens with two attached hydrogens (primary N) is 1. The maximum Gasteiger partial charge on any atom is 0.293 e. The van der Waals surface area contributed by atoms with Gasteiger partial charge in [0, 0.05) is 11.6 Å². The van der Waals surface area contributed by atoms with Crippen molar-refractivity contribution in [3.05, 3.63) is 46.5 Å².